The Morgan fingerprint density at radius 2 is 2.16 bits per heavy atom. The predicted octanol–water partition coefficient (Wildman–Crippen LogP) is 2.89. The molecule has 1 heterocycles. The van der Waals surface area contributed by atoms with Crippen molar-refractivity contribution in [3.8, 4) is 0 Å². The zero-order valence-corrected chi connectivity index (χ0v) is 10.8. The van der Waals surface area contributed by atoms with Gasteiger partial charge in [0, 0.05) is 11.1 Å². The van der Waals surface area contributed by atoms with Crippen LogP contribution in [-0.4, -0.2) is 22.0 Å². The number of carbonyl (C=O) groups is 2. The van der Waals surface area contributed by atoms with E-state index in [0.717, 1.165) is 17.4 Å². The molecule has 1 aromatic carbocycles. The number of amides is 1. The zero-order chi connectivity index (χ0) is 14.0. The van der Waals surface area contributed by atoms with Crippen LogP contribution in [0.2, 0.25) is 5.02 Å². The maximum absolute atomic E-state index is 13.2. The van der Waals surface area contributed by atoms with Gasteiger partial charge in [0.2, 0.25) is 0 Å². The number of anilines is 1. The maximum atomic E-state index is 13.2. The lowest BCUT2D eigenvalue weighted by molar-refractivity contribution is 0.0691. The van der Waals surface area contributed by atoms with Crippen molar-refractivity contribution in [3.63, 3.8) is 0 Å². The van der Waals surface area contributed by atoms with Gasteiger partial charge in [-0.1, -0.05) is 11.6 Å². The Labute approximate surface area is 115 Å². The third-order valence-corrected chi connectivity index (χ3v) is 3.24. The monoisotopic (exact) mass is 300 g/mol. The average molecular weight is 301 g/mol. The first-order valence-corrected chi connectivity index (χ1v) is 6.18. The Hall–Kier alpha value is -1.99. The van der Waals surface area contributed by atoms with E-state index in [1.54, 1.807) is 0 Å². The van der Waals surface area contributed by atoms with Gasteiger partial charge in [-0.25, -0.2) is 14.2 Å². The first kappa shape index (κ1) is 13.4. The normalized spacial score (nSPS) is 10.2. The Balaban J connectivity index is 2.15. The van der Waals surface area contributed by atoms with Gasteiger partial charge in [-0.05, 0) is 18.2 Å². The van der Waals surface area contributed by atoms with E-state index in [1.165, 1.54) is 17.5 Å². The molecule has 8 heteroatoms. The molecule has 0 saturated carbocycles. The van der Waals surface area contributed by atoms with Crippen molar-refractivity contribution in [1.82, 2.24) is 4.98 Å². The van der Waals surface area contributed by atoms with E-state index in [-0.39, 0.29) is 21.4 Å². The van der Waals surface area contributed by atoms with Crippen LogP contribution in [0.25, 0.3) is 0 Å². The Morgan fingerprint density at radius 3 is 2.74 bits per heavy atom. The van der Waals surface area contributed by atoms with Gasteiger partial charge in [0.15, 0.2) is 10.7 Å². The maximum Gasteiger partial charge on any atom is 0.355 e. The molecule has 0 spiro atoms. The van der Waals surface area contributed by atoms with E-state index < -0.39 is 17.7 Å². The minimum absolute atomic E-state index is 0.0206. The van der Waals surface area contributed by atoms with Crippen LogP contribution < -0.4 is 5.32 Å². The minimum atomic E-state index is -1.21. The molecule has 1 aromatic heterocycles. The van der Waals surface area contributed by atoms with Crippen molar-refractivity contribution < 1.29 is 19.1 Å². The number of nitrogens with zero attached hydrogens (tertiary/aromatic N) is 1. The molecule has 2 aromatic rings. The van der Waals surface area contributed by atoms with Crippen LogP contribution in [0.1, 0.15) is 20.3 Å². The van der Waals surface area contributed by atoms with Crippen LogP contribution >= 0.6 is 22.9 Å². The molecule has 0 aliphatic heterocycles. The Morgan fingerprint density at radius 1 is 1.42 bits per heavy atom. The number of nitrogens with one attached hydrogen (secondary N) is 1. The quantitative estimate of drug-likeness (QED) is 0.913. The average Bonchev–Trinajstić information content (AvgIpc) is 2.83. The predicted molar refractivity (Wildman–Crippen MR) is 68.4 cm³/mol. The molecule has 0 bridgehead atoms. The van der Waals surface area contributed by atoms with Gasteiger partial charge in [-0.2, -0.15) is 0 Å². The second-order valence-corrected chi connectivity index (χ2v) is 4.69. The molecule has 0 unspecified atom stereocenters. The summed E-state index contributed by atoms with van der Waals surface area (Å²) in [5.41, 5.74) is -0.00332. The molecular formula is C11H6ClFN2O3S. The summed E-state index contributed by atoms with van der Waals surface area (Å²) in [7, 11) is 0. The summed E-state index contributed by atoms with van der Waals surface area (Å²) in [5, 5.41) is 12.3. The van der Waals surface area contributed by atoms with Gasteiger partial charge in [0.05, 0.1) is 5.02 Å². The highest BCUT2D eigenvalue weighted by atomic mass is 35.5. The molecule has 19 heavy (non-hydrogen) atoms. The van der Waals surface area contributed by atoms with E-state index in [1.807, 2.05) is 0 Å². The first-order valence-electron chi connectivity index (χ1n) is 4.92. The van der Waals surface area contributed by atoms with Crippen LogP contribution in [0.5, 0.6) is 0 Å². The third kappa shape index (κ3) is 3.07. The Kier molecular flexibility index (Phi) is 3.77. The number of carbonyl (C=O) groups excluding carboxylic acids is 1. The van der Waals surface area contributed by atoms with Gasteiger partial charge in [0.25, 0.3) is 5.91 Å². The van der Waals surface area contributed by atoms with E-state index in [2.05, 4.69) is 10.3 Å². The fourth-order valence-electron chi connectivity index (χ4n) is 1.23. The summed E-state index contributed by atoms with van der Waals surface area (Å²) < 4.78 is 13.2. The van der Waals surface area contributed by atoms with Crippen LogP contribution in [0.3, 0.4) is 0 Å². The first-order chi connectivity index (χ1) is 8.97. The fraction of sp³-hybridized carbons (Fsp3) is 0. The van der Waals surface area contributed by atoms with E-state index >= 15 is 0 Å². The van der Waals surface area contributed by atoms with E-state index in [4.69, 9.17) is 16.7 Å². The molecular weight excluding hydrogens is 295 g/mol. The molecule has 2 rings (SSSR count). The van der Waals surface area contributed by atoms with Gasteiger partial charge in [-0.3, -0.25) is 4.79 Å². The number of aromatic carboxylic acids is 1. The standard InChI is InChI=1S/C11H6ClFN2O3S/c12-6-2-1-5(3-7(6)13)14-9(16)10-15-8(4-19-10)11(17)18/h1-4H,(H,14,16)(H,17,18). The van der Waals surface area contributed by atoms with Crippen molar-refractivity contribution in [3.05, 3.63) is 45.1 Å². The molecule has 1 amide bonds. The molecule has 0 radical (unpaired) electrons. The zero-order valence-electron chi connectivity index (χ0n) is 9.18. The SMILES string of the molecule is O=C(O)c1csc(C(=O)Nc2ccc(Cl)c(F)c2)n1. The van der Waals surface area contributed by atoms with Gasteiger partial charge in [0.1, 0.15) is 5.82 Å². The van der Waals surface area contributed by atoms with Crippen molar-refractivity contribution in [2.24, 2.45) is 0 Å². The smallest absolute Gasteiger partial charge is 0.355 e. The molecule has 2 N–H and O–H groups in total. The topological polar surface area (TPSA) is 79.3 Å². The highest BCUT2D eigenvalue weighted by Crippen LogP contribution is 2.19. The summed E-state index contributed by atoms with van der Waals surface area (Å²) in [6.45, 7) is 0. The number of carboxylic acid groups (broad SMARTS) is 1. The number of hydrogen-bond donors (Lipinski definition) is 2. The van der Waals surface area contributed by atoms with Gasteiger partial charge in [-0.15, -0.1) is 11.3 Å². The highest BCUT2D eigenvalue weighted by molar-refractivity contribution is 7.12. The number of benzene rings is 1. The van der Waals surface area contributed by atoms with Crippen molar-refractivity contribution >= 4 is 40.5 Å². The van der Waals surface area contributed by atoms with Crippen molar-refractivity contribution in [1.29, 1.82) is 0 Å². The summed E-state index contributed by atoms with van der Waals surface area (Å²) >= 11 is 6.40. The van der Waals surface area contributed by atoms with Crippen LogP contribution in [0.4, 0.5) is 10.1 Å². The summed E-state index contributed by atoms with van der Waals surface area (Å²) in [6.07, 6.45) is 0. The lowest BCUT2D eigenvalue weighted by Gasteiger charge is -2.03. The second kappa shape index (κ2) is 5.33. The third-order valence-electron chi connectivity index (χ3n) is 2.10. The minimum Gasteiger partial charge on any atom is -0.476 e. The lowest BCUT2D eigenvalue weighted by atomic mass is 10.3. The Bertz CT molecular complexity index is 659. The molecule has 0 atom stereocenters. The van der Waals surface area contributed by atoms with Gasteiger partial charge < -0.3 is 10.4 Å². The van der Waals surface area contributed by atoms with E-state index in [9.17, 15) is 14.0 Å². The molecule has 0 aliphatic carbocycles. The second-order valence-electron chi connectivity index (χ2n) is 3.43. The van der Waals surface area contributed by atoms with Crippen LogP contribution in [0, 0.1) is 5.82 Å². The summed E-state index contributed by atoms with van der Waals surface area (Å²) in [4.78, 5) is 26.0. The molecule has 0 saturated heterocycles. The molecule has 98 valence electrons. The van der Waals surface area contributed by atoms with Crippen molar-refractivity contribution in [2.45, 2.75) is 0 Å². The number of carboxylic acids is 1. The van der Waals surface area contributed by atoms with Gasteiger partial charge >= 0.3 is 5.97 Å². The number of hydrogen-bond acceptors (Lipinski definition) is 4. The summed E-state index contributed by atoms with van der Waals surface area (Å²) in [5.74, 6) is -2.49. The highest BCUT2D eigenvalue weighted by Gasteiger charge is 2.15. The number of halogens is 2. The van der Waals surface area contributed by atoms with Crippen molar-refractivity contribution in [2.75, 3.05) is 5.32 Å². The van der Waals surface area contributed by atoms with Crippen LogP contribution in [0.15, 0.2) is 23.6 Å². The number of aromatic nitrogens is 1. The molecule has 0 aliphatic rings. The molecule has 5 nitrogen and oxygen atoms in total. The fourth-order valence-corrected chi connectivity index (χ4v) is 2.04. The number of thiazole rings is 1. The molecule has 0 fully saturated rings. The summed E-state index contributed by atoms with van der Waals surface area (Å²) in [6, 6.07) is 3.79. The number of rotatable bonds is 3. The van der Waals surface area contributed by atoms with E-state index in [0.29, 0.717) is 0 Å². The van der Waals surface area contributed by atoms with Crippen LogP contribution in [-0.2, 0) is 0 Å². The lowest BCUT2D eigenvalue weighted by Crippen LogP contribution is -2.12. The largest absolute Gasteiger partial charge is 0.476 e.